The third-order valence-electron chi connectivity index (χ3n) is 2.71. The molecule has 0 saturated carbocycles. The summed E-state index contributed by atoms with van der Waals surface area (Å²) in [7, 11) is 2.21. The van der Waals surface area contributed by atoms with E-state index in [-0.39, 0.29) is 0 Å². The lowest BCUT2D eigenvalue weighted by molar-refractivity contribution is 0.325. The normalized spacial score (nSPS) is 11.2. The first-order valence-corrected chi connectivity index (χ1v) is 7.12. The largest absolute Gasteiger partial charge is 0.316 e. The molecule has 0 radical (unpaired) electrons. The first-order valence-electron chi connectivity index (χ1n) is 6.24. The zero-order valence-electron chi connectivity index (χ0n) is 10.5. The van der Waals surface area contributed by atoms with Crippen molar-refractivity contribution in [3.8, 4) is 0 Å². The Labute approximate surface area is 104 Å². The molecule has 1 aromatic rings. The molecule has 0 aliphatic heterocycles. The fourth-order valence-electron chi connectivity index (χ4n) is 1.69. The number of nitrogens with zero attached hydrogens (tertiary/aromatic N) is 1. The van der Waals surface area contributed by atoms with Gasteiger partial charge < -0.3 is 10.2 Å². The number of thiophene rings is 1. The van der Waals surface area contributed by atoms with Crippen LogP contribution >= 0.6 is 11.3 Å². The van der Waals surface area contributed by atoms with Gasteiger partial charge >= 0.3 is 0 Å². The third kappa shape index (κ3) is 6.26. The monoisotopic (exact) mass is 240 g/mol. The summed E-state index contributed by atoms with van der Waals surface area (Å²) in [4.78, 5) is 3.94. The van der Waals surface area contributed by atoms with Crippen molar-refractivity contribution in [2.45, 2.75) is 26.2 Å². The first kappa shape index (κ1) is 13.7. The van der Waals surface area contributed by atoms with Crippen LogP contribution < -0.4 is 5.32 Å². The van der Waals surface area contributed by atoms with Crippen LogP contribution in [0.15, 0.2) is 17.5 Å². The molecule has 0 aliphatic carbocycles. The van der Waals surface area contributed by atoms with Crippen LogP contribution in [0.1, 0.15) is 24.6 Å². The van der Waals surface area contributed by atoms with E-state index < -0.39 is 0 Å². The molecule has 0 atom stereocenters. The van der Waals surface area contributed by atoms with E-state index in [0.29, 0.717) is 0 Å². The van der Waals surface area contributed by atoms with Crippen molar-refractivity contribution in [3.05, 3.63) is 22.4 Å². The van der Waals surface area contributed by atoms with E-state index in [1.807, 2.05) is 11.3 Å². The SMILES string of the molecule is CCNCCN(C)CCCCc1cccs1. The lowest BCUT2D eigenvalue weighted by atomic mass is 10.2. The highest BCUT2D eigenvalue weighted by Crippen LogP contribution is 2.11. The molecule has 16 heavy (non-hydrogen) atoms. The Kier molecular flexibility index (Phi) is 7.47. The number of rotatable bonds is 9. The van der Waals surface area contributed by atoms with Gasteiger partial charge in [-0.25, -0.2) is 0 Å². The van der Waals surface area contributed by atoms with Crippen molar-refractivity contribution >= 4 is 11.3 Å². The van der Waals surface area contributed by atoms with Crippen LogP contribution in [-0.4, -0.2) is 38.1 Å². The van der Waals surface area contributed by atoms with Crippen molar-refractivity contribution in [3.63, 3.8) is 0 Å². The second-order valence-corrected chi connectivity index (χ2v) is 5.23. The van der Waals surface area contributed by atoms with Gasteiger partial charge in [-0.3, -0.25) is 0 Å². The van der Waals surface area contributed by atoms with E-state index in [1.54, 1.807) is 0 Å². The zero-order chi connectivity index (χ0) is 11.6. The van der Waals surface area contributed by atoms with Gasteiger partial charge in [0.15, 0.2) is 0 Å². The number of unbranched alkanes of at least 4 members (excludes halogenated alkanes) is 1. The maximum Gasteiger partial charge on any atom is 0.0104 e. The van der Waals surface area contributed by atoms with E-state index in [0.717, 1.165) is 19.6 Å². The molecule has 1 heterocycles. The molecular formula is C13H24N2S. The summed E-state index contributed by atoms with van der Waals surface area (Å²) in [6.07, 6.45) is 3.87. The highest BCUT2D eigenvalue weighted by atomic mass is 32.1. The maximum atomic E-state index is 3.35. The third-order valence-corrected chi connectivity index (χ3v) is 3.65. The predicted molar refractivity (Wildman–Crippen MR) is 73.3 cm³/mol. The van der Waals surface area contributed by atoms with Crippen molar-refractivity contribution in [2.75, 3.05) is 33.2 Å². The molecule has 2 nitrogen and oxygen atoms in total. The molecule has 0 bridgehead atoms. The Hall–Kier alpha value is -0.380. The highest BCUT2D eigenvalue weighted by Gasteiger charge is 1.98. The Morgan fingerprint density at radius 3 is 2.88 bits per heavy atom. The molecular weight excluding hydrogens is 216 g/mol. The van der Waals surface area contributed by atoms with Crippen LogP contribution in [0.2, 0.25) is 0 Å². The van der Waals surface area contributed by atoms with Crippen molar-refractivity contribution < 1.29 is 0 Å². The number of hydrogen-bond acceptors (Lipinski definition) is 3. The molecule has 0 saturated heterocycles. The van der Waals surface area contributed by atoms with E-state index >= 15 is 0 Å². The number of nitrogens with one attached hydrogen (secondary N) is 1. The minimum Gasteiger partial charge on any atom is -0.316 e. The summed E-state index contributed by atoms with van der Waals surface area (Å²) < 4.78 is 0. The van der Waals surface area contributed by atoms with Gasteiger partial charge in [-0.05, 0) is 50.8 Å². The molecule has 1 aromatic heterocycles. The minimum absolute atomic E-state index is 1.08. The summed E-state index contributed by atoms with van der Waals surface area (Å²) in [5, 5.41) is 5.52. The fourth-order valence-corrected chi connectivity index (χ4v) is 2.45. The fraction of sp³-hybridized carbons (Fsp3) is 0.692. The molecule has 0 aliphatic rings. The van der Waals surface area contributed by atoms with E-state index in [1.165, 1.54) is 30.7 Å². The van der Waals surface area contributed by atoms with E-state index in [2.05, 4.69) is 41.7 Å². The highest BCUT2D eigenvalue weighted by molar-refractivity contribution is 7.09. The quantitative estimate of drug-likeness (QED) is 0.668. The van der Waals surface area contributed by atoms with Crippen molar-refractivity contribution in [2.24, 2.45) is 0 Å². The van der Waals surface area contributed by atoms with Crippen LogP contribution in [-0.2, 0) is 6.42 Å². The number of likely N-dealkylation sites (N-methyl/N-ethyl adjacent to an activating group) is 2. The van der Waals surface area contributed by atoms with Gasteiger partial charge in [0.25, 0.3) is 0 Å². The number of hydrogen-bond donors (Lipinski definition) is 1. The molecule has 92 valence electrons. The summed E-state index contributed by atoms with van der Waals surface area (Å²) >= 11 is 1.88. The second-order valence-electron chi connectivity index (χ2n) is 4.19. The Morgan fingerprint density at radius 2 is 2.19 bits per heavy atom. The lowest BCUT2D eigenvalue weighted by Crippen LogP contribution is -2.29. The van der Waals surface area contributed by atoms with Crippen LogP contribution in [0.3, 0.4) is 0 Å². The van der Waals surface area contributed by atoms with Crippen molar-refractivity contribution in [1.82, 2.24) is 10.2 Å². The smallest absolute Gasteiger partial charge is 0.0104 e. The van der Waals surface area contributed by atoms with Gasteiger partial charge in [0, 0.05) is 18.0 Å². The average Bonchev–Trinajstić information content (AvgIpc) is 2.78. The van der Waals surface area contributed by atoms with Crippen LogP contribution in [0.4, 0.5) is 0 Å². The molecule has 3 heteroatoms. The molecule has 1 rings (SSSR count). The van der Waals surface area contributed by atoms with Gasteiger partial charge in [-0.15, -0.1) is 11.3 Å². The second kappa shape index (κ2) is 8.74. The molecule has 0 amide bonds. The molecule has 0 aromatic carbocycles. The average molecular weight is 240 g/mol. The Balaban J connectivity index is 1.94. The lowest BCUT2D eigenvalue weighted by Gasteiger charge is -2.16. The Morgan fingerprint density at radius 1 is 1.31 bits per heavy atom. The zero-order valence-corrected chi connectivity index (χ0v) is 11.4. The topological polar surface area (TPSA) is 15.3 Å². The standard InChI is InChI=1S/C13H24N2S/c1-3-14-9-11-15(2)10-5-4-7-13-8-6-12-16-13/h6,8,12,14H,3-5,7,9-11H2,1-2H3. The van der Waals surface area contributed by atoms with Gasteiger partial charge in [0.2, 0.25) is 0 Å². The summed E-state index contributed by atoms with van der Waals surface area (Å²) in [6, 6.07) is 4.38. The molecule has 0 fully saturated rings. The predicted octanol–water partition coefficient (Wildman–Crippen LogP) is 2.61. The molecule has 0 spiro atoms. The van der Waals surface area contributed by atoms with E-state index in [9.17, 15) is 0 Å². The van der Waals surface area contributed by atoms with Gasteiger partial charge in [-0.2, -0.15) is 0 Å². The summed E-state index contributed by atoms with van der Waals surface area (Å²) in [5.74, 6) is 0. The minimum atomic E-state index is 1.08. The van der Waals surface area contributed by atoms with Crippen LogP contribution in [0.5, 0.6) is 0 Å². The van der Waals surface area contributed by atoms with Gasteiger partial charge in [-0.1, -0.05) is 13.0 Å². The Bertz CT molecular complexity index is 246. The first-order chi connectivity index (χ1) is 7.83. The van der Waals surface area contributed by atoms with Crippen molar-refractivity contribution in [1.29, 1.82) is 0 Å². The summed E-state index contributed by atoms with van der Waals surface area (Å²) in [5.41, 5.74) is 0. The van der Waals surface area contributed by atoms with Crippen LogP contribution in [0.25, 0.3) is 0 Å². The number of aryl methyl sites for hydroxylation is 1. The molecule has 0 unspecified atom stereocenters. The van der Waals surface area contributed by atoms with Gasteiger partial charge in [0.1, 0.15) is 0 Å². The summed E-state index contributed by atoms with van der Waals surface area (Å²) in [6.45, 7) is 6.72. The van der Waals surface area contributed by atoms with Crippen LogP contribution in [0, 0.1) is 0 Å². The molecule has 1 N–H and O–H groups in total. The van der Waals surface area contributed by atoms with Gasteiger partial charge in [0.05, 0.1) is 0 Å². The van der Waals surface area contributed by atoms with E-state index in [4.69, 9.17) is 0 Å². The maximum absolute atomic E-state index is 3.35.